The van der Waals surface area contributed by atoms with E-state index in [1.165, 1.54) is 16.8 Å². The second-order valence-corrected chi connectivity index (χ2v) is 7.38. The predicted molar refractivity (Wildman–Crippen MR) is 115 cm³/mol. The maximum Gasteiger partial charge on any atom is 0.262 e. The van der Waals surface area contributed by atoms with E-state index >= 15 is 0 Å². The van der Waals surface area contributed by atoms with E-state index in [2.05, 4.69) is 22.1 Å². The van der Waals surface area contributed by atoms with E-state index in [0.29, 0.717) is 28.2 Å². The topological polar surface area (TPSA) is 96.6 Å². The second-order valence-electron chi connectivity index (χ2n) is 6.44. The molecule has 0 atom stereocenters. The van der Waals surface area contributed by atoms with Crippen molar-refractivity contribution in [3.63, 3.8) is 0 Å². The van der Waals surface area contributed by atoms with Crippen molar-refractivity contribution >= 4 is 34.8 Å². The molecular formula is C21H20N4O3S. The average molecular weight is 408 g/mol. The summed E-state index contributed by atoms with van der Waals surface area (Å²) in [7, 11) is 0. The lowest BCUT2D eigenvalue weighted by Crippen LogP contribution is -2.25. The van der Waals surface area contributed by atoms with Crippen LogP contribution in [0.1, 0.15) is 12.5 Å². The number of nitrogens with zero attached hydrogens (tertiary/aromatic N) is 3. The van der Waals surface area contributed by atoms with Crippen LogP contribution < -0.4 is 11.0 Å². The van der Waals surface area contributed by atoms with E-state index in [4.69, 9.17) is 0 Å². The van der Waals surface area contributed by atoms with Gasteiger partial charge in [0.25, 0.3) is 11.5 Å². The quantitative estimate of drug-likeness (QED) is 0.206. The first-order valence-electron chi connectivity index (χ1n) is 8.82. The molecule has 0 fully saturated rings. The third-order valence-corrected chi connectivity index (χ3v) is 4.84. The smallest absolute Gasteiger partial charge is 0.262 e. The van der Waals surface area contributed by atoms with E-state index in [0.717, 1.165) is 17.3 Å². The SMILES string of the molecule is C=C(C)Cn1c(SCC(=O)NN=Cc2cccc(O)c2)nc2ccccc2c1=O. The van der Waals surface area contributed by atoms with Crippen LogP contribution in [0.4, 0.5) is 0 Å². The Morgan fingerprint density at radius 1 is 1.31 bits per heavy atom. The van der Waals surface area contributed by atoms with Gasteiger partial charge in [-0.2, -0.15) is 5.10 Å². The van der Waals surface area contributed by atoms with E-state index in [1.54, 1.807) is 36.4 Å². The number of fused-ring (bicyclic) bond motifs is 1. The number of aromatic hydroxyl groups is 1. The molecule has 3 aromatic rings. The number of benzene rings is 2. The molecule has 0 bridgehead atoms. The fourth-order valence-corrected chi connectivity index (χ4v) is 3.40. The number of hydrogen-bond acceptors (Lipinski definition) is 6. The van der Waals surface area contributed by atoms with Gasteiger partial charge in [-0.3, -0.25) is 14.2 Å². The monoisotopic (exact) mass is 408 g/mol. The van der Waals surface area contributed by atoms with Crippen LogP contribution in [-0.2, 0) is 11.3 Å². The minimum Gasteiger partial charge on any atom is -0.508 e. The summed E-state index contributed by atoms with van der Waals surface area (Å²) in [5.74, 6) is -0.178. The van der Waals surface area contributed by atoms with Gasteiger partial charge in [0.1, 0.15) is 5.75 Å². The maximum absolute atomic E-state index is 12.8. The molecule has 0 radical (unpaired) electrons. The summed E-state index contributed by atoms with van der Waals surface area (Å²) in [5.41, 5.74) is 4.32. The molecule has 1 amide bonds. The van der Waals surface area contributed by atoms with Gasteiger partial charge in [-0.05, 0) is 36.8 Å². The van der Waals surface area contributed by atoms with Crippen LogP contribution in [0.2, 0.25) is 0 Å². The van der Waals surface area contributed by atoms with Crippen molar-refractivity contribution in [2.75, 3.05) is 5.75 Å². The van der Waals surface area contributed by atoms with Crippen molar-refractivity contribution < 1.29 is 9.90 Å². The summed E-state index contributed by atoms with van der Waals surface area (Å²) in [6, 6.07) is 13.6. The largest absolute Gasteiger partial charge is 0.508 e. The van der Waals surface area contributed by atoms with E-state index < -0.39 is 0 Å². The molecule has 7 nitrogen and oxygen atoms in total. The Morgan fingerprint density at radius 3 is 2.86 bits per heavy atom. The number of phenolic OH excluding ortho intramolecular Hbond substituents is 1. The Balaban J connectivity index is 1.73. The normalized spacial score (nSPS) is 11.1. The van der Waals surface area contributed by atoms with Gasteiger partial charge in [0.2, 0.25) is 0 Å². The van der Waals surface area contributed by atoms with Crippen molar-refractivity contribution in [2.45, 2.75) is 18.6 Å². The van der Waals surface area contributed by atoms with Crippen molar-refractivity contribution in [3.8, 4) is 5.75 Å². The number of carbonyl (C=O) groups is 1. The van der Waals surface area contributed by atoms with Crippen LogP contribution in [0.15, 0.2) is 75.7 Å². The van der Waals surface area contributed by atoms with Crippen LogP contribution >= 0.6 is 11.8 Å². The Morgan fingerprint density at radius 2 is 2.10 bits per heavy atom. The molecule has 148 valence electrons. The fourth-order valence-electron chi connectivity index (χ4n) is 2.61. The van der Waals surface area contributed by atoms with E-state index in [1.807, 2.05) is 13.0 Å². The Labute approximate surface area is 171 Å². The molecule has 0 aliphatic rings. The lowest BCUT2D eigenvalue weighted by molar-refractivity contribution is -0.118. The fraction of sp³-hybridized carbons (Fsp3) is 0.143. The number of rotatable bonds is 7. The Kier molecular flexibility index (Phi) is 6.46. The predicted octanol–water partition coefficient (Wildman–Crippen LogP) is 2.92. The zero-order chi connectivity index (χ0) is 20.8. The zero-order valence-electron chi connectivity index (χ0n) is 15.8. The van der Waals surface area contributed by atoms with Gasteiger partial charge in [-0.25, -0.2) is 10.4 Å². The van der Waals surface area contributed by atoms with Gasteiger partial charge in [0.05, 0.1) is 22.9 Å². The second kappa shape index (κ2) is 9.20. The lowest BCUT2D eigenvalue weighted by atomic mass is 10.2. The molecule has 29 heavy (non-hydrogen) atoms. The van der Waals surface area contributed by atoms with Crippen molar-refractivity contribution in [1.82, 2.24) is 15.0 Å². The number of phenols is 1. The lowest BCUT2D eigenvalue weighted by Gasteiger charge is -2.12. The highest BCUT2D eigenvalue weighted by Gasteiger charge is 2.13. The number of allylic oxidation sites excluding steroid dienone is 1. The first kappa shape index (κ1) is 20.3. The van der Waals surface area contributed by atoms with Crippen molar-refractivity contribution in [2.24, 2.45) is 5.10 Å². The third kappa shape index (κ3) is 5.32. The number of hydrazone groups is 1. The molecule has 8 heteroatoms. The molecule has 0 unspecified atom stereocenters. The minimum absolute atomic E-state index is 0.0400. The minimum atomic E-state index is -0.337. The summed E-state index contributed by atoms with van der Waals surface area (Å²) in [5, 5.41) is 14.3. The van der Waals surface area contributed by atoms with Gasteiger partial charge >= 0.3 is 0 Å². The molecule has 1 aromatic heterocycles. The van der Waals surface area contributed by atoms with Crippen molar-refractivity contribution in [3.05, 3.63) is 76.6 Å². The molecule has 2 N–H and O–H groups in total. The standard InChI is InChI=1S/C21H20N4O3S/c1-14(2)12-25-20(28)17-8-3-4-9-18(17)23-21(25)29-13-19(27)24-22-11-15-6-5-7-16(26)10-15/h3-11,26H,1,12-13H2,2H3,(H,24,27). The summed E-state index contributed by atoms with van der Waals surface area (Å²) >= 11 is 1.16. The number of para-hydroxylation sites is 1. The van der Waals surface area contributed by atoms with Crippen molar-refractivity contribution in [1.29, 1.82) is 0 Å². The number of nitrogens with one attached hydrogen (secondary N) is 1. The number of aromatic nitrogens is 2. The highest BCUT2D eigenvalue weighted by Crippen LogP contribution is 2.18. The molecule has 0 spiro atoms. The first-order valence-corrected chi connectivity index (χ1v) is 9.80. The molecule has 1 heterocycles. The molecule has 0 saturated heterocycles. The van der Waals surface area contributed by atoms with Crippen LogP contribution in [0.25, 0.3) is 10.9 Å². The van der Waals surface area contributed by atoms with Gasteiger partial charge in [-0.15, -0.1) is 0 Å². The van der Waals surface area contributed by atoms with Gasteiger partial charge in [-0.1, -0.05) is 48.2 Å². The Hall–Kier alpha value is -3.39. The zero-order valence-corrected chi connectivity index (χ0v) is 16.6. The van der Waals surface area contributed by atoms with E-state index in [-0.39, 0.29) is 23.0 Å². The molecule has 3 rings (SSSR count). The maximum atomic E-state index is 12.8. The van der Waals surface area contributed by atoms with E-state index in [9.17, 15) is 14.7 Å². The molecule has 0 saturated carbocycles. The summed E-state index contributed by atoms with van der Waals surface area (Å²) < 4.78 is 1.53. The highest BCUT2D eigenvalue weighted by atomic mass is 32.2. The summed E-state index contributed by atoms with van der Waals surface area (Å²) in [6.07, 6.45) is 1.44. The number of hydrogen-bond donors (Lipinski definition) is 2. The number of amides is 1. The molecule has 0 aliphatic heterocycles. The van der Waals surface area contributed by atoms with Crippen LogP contribution in [0.5, 0.6) is 5.75 Å². The molecule has 2 aromatic carbocycles. The van der Waals surface area contributed by atoms with Crippen LogP contribution in [-0.4, -0.2) is 32.5 Å². The van der Waals surface area contributed by atoms with Gasteiger partial charge in [0, 0.05) is 6.54 Å². The number of thioether (sulfide) groups is 1. The average Bonchev–Trinajstić information content (AvgIpc) is 2.69. The third-order valence-electron chi connectivity index (χ3n) is 3.86. The molecule has 0 aliphatic carbocycles. The van der Waals surface area contributed by atoms with Gasteiger partial charge in [0.15, 0.2) is 5.16 Å². The van der Waals surface area contributed by atoms with Crippen LogP contribution in [0.3, 0.4) is 0 Å². The van der Waals surface area contributed by atoms with Gasteiger partial charge < -0.3 is 5.11 Å². The summed E-state index contributed by atoms with van der Waals surface area (Å²) in [4.78, 5) is 29.5. The highest BCUT2D eigenvalue weighted by molar-refractivity contribution is 7.99. The summed E-state index contributed by atoms with van der Waals surface area (Å²) in [6.45, 7) is 6.03. The molecular weight excluding hydrogens is 388 g/mol. The Bertz CT molecular complexity index is 1150. The number of carbonyl (C=O) groups excluding carboxylic acids is 1. The van der Waals surface area contributed by atoms with Crippen LogP contribution in [0, 0.1) is 0 Å². The first-order chi connectivity index (χ1) is 13.9.